The minimum atomic E-state index is -0.0681. The molecule has 0 amide bonds. The predicted molar refractivity (Wildman–Crippen MR) is 68.0 cm³/mol. The lowest BCUT2D eigenvalue weighted by molar-refractivity contribution is -0.144. The van der Waals surface area contributed by atoms with Crippen molar-refractivity contribution in [3.63, 3.8) is 0 Å². The molecule has 0 aromatic heterocycles. The molecule has 0 spiro atoms. The summed E-state index contributed by atoms with van der Waals surface area (Å²) in [6.45, 7) is 6.33. The third kappa shape index (κ3) is 1.89. The lowest BCUT2D eigenvalue weighted by Gasteiger charge is -2.20. The first-order valence-electron chi connectivity index (χ1n) is 7.05. The normalized spacial score (nSPS) is 50.6. The maximum Gasteiger partial charge on any atom is 0.309 e. The van der Waals surface area contributed by atoms with Gasteiger partial charge in [-0.1, -0.05) is 18.6 Å². The van der Waals surface area contributed by atoms with E-state index in [-0.39, 0.29) is 29.7 Å². The third-order valence-corrected chi connectivity index (χ3v) is 4.93. The van der Waals surface area contributed by atoms with E-state index >= 15 is 0 Å². The molecular weight excluding hydrogens is 228 g/mol. The van der Waals surface area contributed by atoms with Crippen molar-refractivity contribution in [2.24, 2.45) is 11.8 Å². The van der Waals surface area contributed by atoms with E-state index in [9.17, 15) is 4.79 Å². The number of carbonyl (C=O) groups excluding carboxylic acids is 1. The van der Waals surface area contributed by atoms with E-state index in [0.29, 0.717) is 5.92 Å². The average Bonchev–Trinajstić information content (AvgIpc) is 2.90. The van der Waals surface area contributed by atoms with Gasteiger partial charge in [-0.05, 0) is 39.5 Å². The SMILES string of the molecule is C/C1=C\CC[C@@]2(C)O[C@H]2[C@H]2OC(=O)[C@@H](C)[C@@H]2CC1. The second-order valence-corrected chi connectivity index (χ2v) is 6.33. The third-order valence-electron chi connectivity index (χ3n) is 4.93. The average molecular weight is 250 g/mol. The quantitative estimate of drug-likeness (QED) is 0.377. The summed E-state index contributed by atoms with van der Waals surface area (Å²) in [4.78, 5) is 11.8. The molecular formula is C15H22O3. The molecule has 2 heterocycles. The van der Waals surface area contributed by atoms with Gasteiger partial charge in [-0.3, -0.25) is 4.79 Å². The predicted octanol–water partition coefficient (Wildman–Crippen LogP) is 2.84. The molecule has 1 aliphatic carbocycles. The number of rotatable bonds is 0. The van der Waals surface area contributed by atoms with Gasteiger partial charge in [0.1, 0.15) is 12.2 Å². The molecule has 3 rings (SSSR count). The van der Waals surface area contributed by atoms with Gasteiger partial charge in [0.25, 0.3) is 0 Å². The van der Waals surface area contributed by atoms with Crippen LogP contribution in [0.3, 0.4) is 0 Å². The lowest BCUT2D eigenvalue weighted by Crippen LogP contribution is -2.29. The van der Waals surface area contributed by atoms with Crippen molar-refractivity contribution in [2.45, 2.75) is 64.3 Å². The molecule has 18 heavy (non-hydrogen) atoms. The van der Waals surface area contributed by atoms with Gasteiger partial charge < -0.3 is 9.47 Å². The summed E-state index contributed by atoms with van der Waals surface area (Å²) in [6.07, 6.45) is 6.66. The van der Waals surface area contributed by atoms with Crippen LogP contribution in [0.2, 0.25) is 0 Å². The van der Waals surface area contributed by atoms with Crippen LogP contribution in [0, 0.1) is 11.8 Å². The van der Waals surface area contributed by atoms with Crippen molar-refractivity contribution in [3.8, 4) is 0 Å². The number of allylic oxidation sites excluding steroid dienone is 2. The van der Waals surface area contributed by atoms with E-state index in [1.165, 1.54) is 5.57 Å². The lowest BCUT2D eigenvalue weighted by atomic mass is 9.81. The fourth-order valence-corrected chi connectivity index (χ4v) is 3.46. The summed E-state index contributed by atoms with van der Waals surface area (Å²) in [5.74, 6) is 0.310. The van der Waals surface area contributed by atoms with E-state index in [0.717, 1.165) is 25.7 Å². The first-order chi connectivity index (χ1) is 8.51. The van der Waals surface area contributed by atoms with E-state index in [1.807, 2.05) is 6.92 Å². The van der Waals surface area contributed by atoms with Crippen molar-refractivity contribution < 1.29 is 14.3 Å². The Morgan fingerprint density at radius 1 is 1.44 bits per heavy atom. The first kappa shape index (κ1) is 12.2. The molecule has 2 fully saturated rings. The summed E-state index contributed by atoms with van der Waals surface area (Å²) in [7, 11) is 0. The Morgan fingerprint density at radius 3 is 3.00 bits per heavy atom. The Balaban J connectivity index is 1.85. The Labute approximate surface area is 109 Å². The minimum Gasteiger partial charge on any atom is -0.459 e. The van der Waals surface area contributed by atoms with Gasteiger partial charge in [0.15, 0.2) is 0 Å². The van der Waals surface area contributed by atoms with Crippen molar-refractivity contribution in [1.29, 1.82) is 0 Å². The number of fused-ring (bicyclic) bond motifs is 3. The highest BCUT2D eigenvalue weighted by molar-refractivity contribution is 5.75. The number of ether oxygens (including phenoxy) is 2. The molecule has 0 bridgehead atoms. The van der Waals surface area contributed by atoms with Crippen molar-refractivity contribution in [3.05, 3.63) is 11.6 Å². The van der Waals surface area contributed by atoms with Crippen LogP contribution in [0.4, 0.5) is 0 Å². The topological polar surface area (TPSA) is 38.8 Å². The molecule has 2 saturated heterocycles. The van der Waals surface area contributed by atoms with Crippen LogP contribution in [0.5, 0.6) is 0 Å². The molecule has 100 valence electrons. The zero-order valence-corrected chi connectivity index (χ0v) is 11.4. The van der Waals surface area contributed by atoms with Crippen molar-refractivity contribution in [2.75, 3.05) is 0 Å². The Morgan fingerprint density at radius 2 is 2.22 bits per heavy atom. The molecule has 0 aromatic carbocycles. The number of carbonyl (C=O) groups is 1. The Bertz CT molecular complexity index is 401. The molecule has 0 radical (unpaired) electrons. The van der Waals surface area contributed by atoms with Gasteiger partial charge in [0.2, 0.25) is 0 Å². The molecule has 5 atom stereocenters. The highest BCUT2D eigenvalue weighted by Crippen LogP contribution is 2.50. The van der Waals surface area contributed by atoms with Gasteiger partial charge in [-0.25, -0.2) is 0 Å². The maximum atomic E-state index is 11.8. The van der Waals surface area contributed by atoms with Gasteiger partial charge in [-0.15, -0.1) is 0 Å². The van der Waals surface area contributed by atoms with E-state index in [1.54, 1.807) is 0 Å². The molecule has 0 saturated carbocycles. The second kappa shape index (κ2) is 4.09. The number of epoxide rings is 1. The van der Waals surface area contributed by atoms with E-state index < -0.39 is 0 Å². The molecule has 2 aliphatic heterocycles. The molecule has 3 heteroatoms. The summed E-state index contributed by atoms with van der Waals surface area (Å²) in [6, 6.07) is 0. The fourth-order valence-electron chi connectivity index (χ4n) is 3.46. The molecule has 0 aromatic rings. The van der Waals surface area contributed by atoms with Crippen LogP contribution >= 0.6 is 0 Å². The smallest absolute Gasteiger partial charge is 0.309 e. The molecule has 0 unspecified atom stereocenters. The van der Waals surface area contributed by atoms with Crippen molar-refractivity contribution >= 4 is 5.97 Å². The van der Waals surface area contributed by atoms with Crippen LogP contribution < -0.4 is 0 Å². The summed E-state index contributed by atoms with van der Waals surface area (Å²) in [5.41, 5.74) is 1.37. The molecule has 0 N–H and O–H groups in total. The maximum absolute atomic E-state index is 11.8. The highest BCUT2D eigenvalue weighted by Gasteiger charge is 2.61. The summed E-state index contributed by atoms with van der Waals surface area (Å²) >= 11 is 0. The Hall–Kier alpha value is -0.830. The number of esters is 1. The van der Waals surface area contributed by atoms with Gasteiger partial charge >= 0.3 is 5.97 Å². The van der Waals surface area contributed by atoms with Gasteiger partial charge in [-0.2, -0.15) is 0 Å². The monoisotopic (exact) mass is 250 g/mol. The zero-order chi connectivity index (χ0) is 12.9. The Kier molecular flexibility index (Phi) is 2.77. The van der Waals surface area contributed by atoms with Crippen molar-refractivity contribution in [1.82, 2.24) is 0 Å². The second-order valence-electron chi connectivity index (χ2n) is 6.33. The van der Waals surface area contributed by atoms with Crippen LogP contribution in [0.25, 0.3) is 0 Å². The summed E-state index contributed by atoms with van der Waals surface area (Å²) < 4.78 is 11.5. The summed E-state index contributed by atoms with van der Waals surface area (Å²) in [5, 5.41) is 0. The van der Waals surface area contributed by atoms with Crippen LogP contribution in [0.1, 0.15) is 46.5 Å². The molecule has 3 nitrogen and oxygen atoms in total. The fraction of sp³-hybridized carbons (Fsp3) is 0.800. The molecule has 3 aliphatic rings. The van der Waals surface area contributed by atoms with E-state index in [2.05, 4.69) is 19.9 Å². The number of hydrogen-bond acceptors (Lipinski definition) is 3. The van der Waals surface area contributed by atoms with Crippen LogP contribution in [0.15, 0.2) is 11.6 Å². The highest BCUT2D eigenvalue weighted by atomic mass is 16.6. The first-order valence-corrected chi connectivity index (χ1v) is 7.05. The van der Waals surface area contributed by atoms with Gasteiger partial charge in [0.05, 0.1) is 11.5 Å². The van der Waals surface area contributed by atoms with Crippen LogP contribution in [-0.2, 0) is 14.3 Å². The van der Waals surface area contributed by atoms with Crippen LogP contribution in [-0.4, -0.2) is 23.8 Å². The van der Waals surface area contributed by atoms with E-state index in [4.69, 9.17) is 9.47 Å². The standard InChI is InChI=1S/C15H22O3/c1-9-5-4-8-15(3)13(18-15)12-11(7-6-9)10(2)14(16)17-12/h5,10-13H,4,6-8H2,1-3H3/b9-5+/t10-,11-,12-,13-,15+/m0/s1. The number of hydrogen-bond donors (Lipinski definition) is 0. The zero-order valence-electron chi connectivity index (χ0n) is 11.4. The van der Waals surface area contributed by atoms with Gasteiger partial charge in [0, 0.05) is 5.92 Å². The largest absolute Gasteiger partial charge is 0.459 e. The minimum absolute atomic E-state index is 0.0107.